The Balaban J connectivity index is 1.61. The van der Waals surface area contributed by atoms with Crippen LogP contribution in [0.25, 0.3) is 17.1 Å². The lowest BCUT2D eigenvalue weighted by atomic mass is 10.1. The van der Waals surface area contributed by atoms with Crippen molar-refractivity contribution in [1.82, 2.24) is 14.8 Å². The Morgan fingerprint density at radius 1 is 0.969 bits per heavy atom. The SMILES string of the molecule is Cc1ccc(-n2c(SCC(=O)Nc3cccc(Cl)c3C)nnc2-c2cccc(C)c2)cc1. The molecule has 1 amide bonds. The third-order valence-corrected chi connectivity index (χ3v) is 6.41. The van der Waals surface area contributed by atoms with Gasteiger partial charge in [0.05, 0.1) is 5.75 Å². The highest BCUT2D eigenvalue weighted by molar-refractivity contribution is 7.99. The van der Waals surface area contributed by atoms with Gasteiger partial charge < -0.3 is 5.32 Å². The first kappa shape index (κ1) is 22.1. The molecule has 0 aliphatic heterocycles. The van der Waals surface area contributed by atoms with Gasteiger partial charge in [-0.05, 0) is 56.7 Å². The number of aromatic nitrogens is 3. The van der Waals surface area contributed by atoms with Gasteiger partial charge in [-0.1, -0.05) is 70.9 Å². The van der Waals surface area contributed by atoms with Gasteiger partial charge in [0.1, 0.15) is 0 Å². The number of nitrogens with one attached hydrogen (secondary N) is 1. The summed E-state index contributed by atoms with van der Waals surface area (Å²) in [6.45, 7) is 5.98. The number of halogens is 1. The number of carbonyl (C=O) groups is 1. The van der Waals surface area contributed by atoms with Crippen LogP contribution in [0.1, 0.15) is 16.7 Å². The van der Waals surface area contributed by atoms with E-state index in [1.54, 1.807) is 6.07 Å². The molecule has 0 fully saturated rings. The first-order valence-electron chi connectivity index (χ1n) is 10.2. The number of rotatable bonds is 6. The molecule has 1 aromatic heterocycles. The summed E-state index contributed by atoms with van der Waals surface area (Å²) in [5, 5.41) is 13.1. The molecule has 32 heavy (non-hydrogen) atoms. The van der Waals surface area contributed by atoms with Crippen molar-refractivity contribution in [3.05, 3.63) is 88.4 Å². The molecule has 7 heteroatoms. The van der Waals surface area contributed by atoms with Crippen molar-refractivity contribution in [2.75, 3.05) is 11.1 Å². The number of hydrogen-bond acceptors (Lipinski definition) is 4. The zero-order valence-corrected chi connectivity index (χ0v) is 19.7. The molecule has 0 saturated heterocycles. The molecule has 3 aromatic carbocycles. The van der Waals surface area contributed by atoms with Crippen molar-refractivity contribution in [2.24, 2.45) is 0 Å². The minimum Gasteiger partial charge on any atom is -0.325 e. The van der Waals surface area contributed by atoms with E-state index in [9.17, 15) is 4.79 Å². The molecule has 4 aromatic rings. The second-order valence-electron chi connectivity index (χ2n) is 7.60. The van der Waals surface area contributed by atoms with Gasteiger partial charge in [0.25, 0.3) is 0 Å². The second kappa shape index (κ2) is 9.59. The highest BCUT2D eigenvalue weighted by Gasteiger charge is 2.18. The minimum atomic E-state index is -0.129. The van der Waals surface area contributed by atoms with Crippen LogP contribution in [-0.2, 0) is 4.79 Å². The number of anilines is 1. The largest absolute Gasteiger partial charge is 0.325 e. The summed E-state index contributed by atoms with van der Waals surface area (Å²) < 4.78 is 2.00. The number of hydrogen-bond donors (Lipinski definition) is 1. The fourth-order valence-electron chi connectivity index (χ4n) is 3.32. The van der Waals surface area contributed by atoms with Crippen LogP contribution in [0, 0.1) is 20.8 Å². The van der Waals surface area contributed by atoms with Crippen LogP contribution in [0.15, 0.2) is 71.9 Å². The Labute approximate surface area is 196 Å². The maximum absolute atomic E-state index is 12.6. The van der Waals surface area contributed by atoms with E-state index >= 15 is 0 Å². The summed E-state index contributed by atoms with van der Waals surface area (Å²) in [5.41, 5.74) is 5.80. The van der Waals surface area contributed by atoms with Gasteiger partial charge in [-0.3, -0.25) is 9.36 Å². The molecular weight excluding hydrogens is 440 g/mol. The van der Waals surface area contributed by atoms with Gasteiger partial charge in [0.15, 0.2) is 11.0 Å². The van der Waals surface area contributed by atoms with Crippen molar-refractivity contribution in [1.29, 1.82) is 0 Å². The summed E-state index contributed by atoms with van der Waals surface area (Å²) in [6, 6.07) is 21.8. The van der Waals surface area contributed by atoms with Crippen molar-refractivity contribution in [3.63, 3.8) is 0 Å². The van der Waals surface area contributed by atoms with E-state index in [0.717, 1.165) is 28.2 Å². The highest BCUT2D eigenvalue weighted by Crippen LogP contribution is 2.29. The Morgan fingerprint density at radius 3 is 2.47 bits per heavy atom. The normalized spacial score (nSPS) is 10.9. The van der Waals surface area contributed by atoms with E-state index in [2.05, 4.69) is 40.6 Å². The first-order chi connectivity index (χ1) is 15.4. The zero-order chi connectivity index (χ0) is 22.7. The number of amides is 1. The van der Waals surface area contributed by atoms with Crippen molar-refractivity contribution < 1.29 is 4.79 Å². The Hall–Kier alpha value is -3.09. The summed E-state index contributed by atoms with van der Waals surface area (Å²) >= 11 is 7.51. The predicted octanol–water partition coefficient (Wildman–Crippen LogP) is 6.24. The number of benzene rings is 3. The minimum absolute atomic E-state index is 0.129. The van der Waals surface area contributed by atoms with E-state index in [4.69, 9.17) is 11.6 Å². The van der Waals surface area contributed by atoms with Gasteiger partial charge in [-0.2, -0.15) is 0 Å². The van der Waals surface area contributed by atoms with E-state index in [0.29, 0.717) is 15.9 Å². The second-order valence-corrected chi connectivity index (χ2v) is 8.95. The molecule has 0 saturated carbocycles. The fourth-order valence-corrected chi connectivity index (χ4v) is 4.25. The smallest absolute Gasteiger partial charge is 0.234 e. The van der Waals surface area contributed by atoms with Crippen LogP contribution >= 0.6 is 23.4 Å². The van der Waals surface area contributed by atoms with Crippen molar-refractivity contribution >= 4 is 35.0 Å². The summed E-state index contributed by atoms with van der Waals surface area (Å²) in [6.07, 6.45) is 0. The first-order valence-corrected chi connectivity index (χ1v) is 11.6. The molecule has 162 valence electrons. The topological polar surface area (TPSA) is 59.8 Å². The molecule has 5 nitrogen and oxygen atoms in total. The molecule has 0 bridgehead atoms. The van der Waals surface area contributed by atoms with Gasteiger partial charge in [0, 0.05) is 22.0 Å². The lowest BCUT2D eigenvalue weighted by Crippen LogP contribution is -2.15. The third-order valence-electron chi connectivity index (χ3n) is 5.08. The van der Waals surface area contributed by atoms with Crippen LogP contribution in [0.5, 0.6) is 0 Å². The summed E-state index contributed by atoms with van der Waals surface area (Å²) in [5.74, 6) is 0.811. The van der Waals surface area contributed by atoms with Gasteiger partial charge in [0.2, 0.25) is 5.91 Å². The third kappa shape index (κ3) is 4.87. The molecule has 0 aliphatic carbocycles. The van der Waals surface area contributed by atoms with E-state index in [1.165, 1.54) is 17.3 Å². The lowest BCUT2D eigenvalue weighted by molar-refractivity contribution is -0.113. The van der Waals surface area contributed by atoms with Crippen LogP contribution in [0.4, 0.5) is 5.69 Å². The monoisotopic (exact) mass is 462 g/mol. The molecule has 0 unspecified atom stereocenters. The molecule has 4 rings (SSSR count). The lowest BCUT2D eigenvalue weighted by Gasteiger charge is -2.12. The molecule has 0 aliphatic rings. The van der Waals surface area contributed by atoms with Crippen LogP contribution in [-0.4, -0.2) is 26.4 Å². The number of aryl methyl sites for hydroxylation is 2. The van der Waals surface area contributed by atoms with Gasteiger partial charge in [-0.15, -0.1) is 10.2 Å². The number of thioether (sulfide) groups is 1. The number of carbonyl (C=O) groups excluding carboxylic acids is 1. The van der Waals surface area contributed by atoms with Crippen LogP contribution in [0.3, 0.4) is 0 Å². The summed E-state index contributed by atoms with van der Waals surface area (Å²) in [4.78, 5) is 12.6. The molecule has 0 atom stereocenters. The average Bonchev–Trinajstić information content (AvgIpc) is 3.20. The van der Waals surface area contributed by atoms with E-state index in [-0.39, 0.29) is 11.7 Å². The van der Waals surface area contributed by atoms with Gasteiger partial charge >= 0.3 is 0 Å². The molecule has 1 N–H and O–H groups in total. The average molecular weight is 463 g/mol. The molecule has 0 spiro atoms. The quantitative estimate of drug-likeness (QED) is 0.344. The van der Waals surface area contributed by atoms with Crippen LogP contribution < -0.4 is 5.32 Å². The van der Waals surface area contributed by atoms with Gasteiger partial charge in [-0.25, -0.2) is 0 Å². The fraction of sp³-hybridized carbons (Fsp3) is 0.160. The Bertz CT molecular complexity index is 1270. The van der Waals surface area contributed by atoms with Crippen LogP contribution in [0.2, 0.25) is 5.02 Å². The van der Waals surface area contributed by atoms with Crippen molar-refractivity contribution in [3.8, 4) is 17.1 Å². The number of nitrogens with zero attached hydrogens (tertiary/aromatic N) is 3. The Morgan fingerprint density at radius 2 is 1.72 bits per heavy atom. The molecule has 0 radical (unpaired) electrons. The zero-order valence-electron chi connectivity index (χ0n) is 18.1. The molecular formula is C25H23ClN4OS. The standard InChI is InChI=1S/C25H23ClN4OS/c1-16-10-12-20(13-11-16)30-24(19-7-4-6-17(2)14-19)28-29-25(30)32-15-23(31)27-22-9-5-8-21(26)18(22)3/h4-14H,15H2,1-3H3,(H,27,31). The molecule has 1 heterocycles. The van der Waals surface area contributed by atoms with E-state index < -0.39 is 0 Å². The van der Waals surface area contributed by atoms with Crippen molar-refractivity contribution in [2.45, 2.75) is 25.9 Å². The summed E-state index contributed by atoms with van der Waals surface area (Å²) in [7, 11) is 0. The maximum atomic E-state index is 12.6. The van der Waals surface area contributed by atoms with E-state index in [1.807, 2.05) is 60.9 Å². The Kier molecular flexibility index (Phi) is 6.63. The maximum Gasteiger partial charge on any atom is 0.234 e. The predicted molar refractivity (Wildman–Crippen MR) is 132 cm³/mol. The highest BCUT2D eigenvalue weighted by atomic mass is 35.5.